The molecule has 0 saturated carbocycles. The first-order valence-corrected chi connectivity index (χ1v) is 7.60. The molecule has 1 aromatic rings. The number of carbonyl (C=O) groups excluding carboxylic acids is 1. The van der Waals surface area contributed by atoms with Gasteiger partial charge in [0, 0.05) is 11.1 Å². The zero-order chi connectivity index (χ0) is 17.6. The number of hydrogen-bond donors (Lipinski definition) is 2. The largest absolute Gasteiger partial charge is 0.478 e. The van der Waals surface area contributed by atoms with Gasteiger partial charge in [-0.05, 0) is 38.5 Å². The molecule has 128 valence electrons. The third-order valence-corrected chi connectivity index (χ3v) is 3.58. The van der Waals surface area contributed by atoms with Gasteiger partial charge >= 0.3 is 5.97 Å². The highest BCUT2D eigenvalue weighted by molar-refractivity contribution is 5.97. The minimum Gasteiger partial charge on any atom is -0.478 e. The standard InChI is InChI=1S/C17H25NO5/c1-6-17(4,5)16(21)18-12-7-8-14(13(9-12)15(19)20)23-10-22-11(2)3/h7-9,11H,6,10H2,1-5H3,(H,18,21)(H,19,20). The average Bonchev–Trinajstić information content (AvgIpc) is 2.47. The smallest absolute Gasteiger partial charge is 0.339 e. The van der Waals surface area contributed by atoms with Crippen molar-refractivity contribution in [2.75, 3.05) is 12.1 Å². The van der Waals surface area contributed by atoms with Crippen molar-refractivity contribution in [3.05, 3.63) is 23.8 Å². The third kappa shape index (κ3) is 5.56. The maximum absolute atomic E-state index is 12.2. The SMILES string of the molecule is CCC(C)(C)C(=O)Nc1ccc(OCOC(C)C)c(C(=O)O)c1. The number of anilines is 1. The van der Waals surface area contributed by atoms with Gasteiger partial charge < -0.3 is 19.9 Å². The molecule has 1 amide bonds. The van der Waals surface area contributed by atoms with Crippen LogP contribution in [0.3, 0.4) is 0 Å². The molecule has 2 N–H and O–H groups in total. The van der Waals surface area contributed by atoms with E-state index in [1.54, 1.807) is 6.07 Å². The summed E-state index contributed by atoms with van der Waals surface area (Å²) in [6, 6.07) is 4.51. The van der Waals surface area contributed by atoms with Crippen molar-refractivity contribution in [3.8, 4) is 5.75 Å². The van der Waals surface area contributed by atoms with Crippen LogP contribution in [0.15, 0.2) is 18.2 Å². The summed E-state index contributed by atoms with van der Waals surface area (Å²) in [5.74, 6) is -1.09. The molecule has 6 nitrogen and oxygen atoms in total. The Morgan fingerprint density at radius 1 is 1.30 bits per heavy atom. The van der Waals surface area contributed by atoms with Crippen molar-refractivity contribution < 1.29 is 24.2 Å². The van der Waals surface area contributed by atoms with Crippen molar-refractivity contribution >= 4 is 17.6 Å². The van der Waals surface area contributed by atoms with Gasteiger partial charge in [-0.25, -0.2) is 4.79 Å². The summed E-state index contributed by atoms with van der Waals surface area (Å²) in [4.78, 5) is 23.5. The first-order valence-electron chi connectivity index (χ1n) is 7.60. The molecule has 0 heterocycles. The van der Waals surface area contributed by atoms with Crippen LogP contribution in [0.4, 0.5) is 5.69 Å². The van der Waals surface area contributed by atoms with E-state index in [2.05, 4.69) is 5.32 Å². The number of benzene rings is 1. The van der Waals surface area contributed by atoms with E-state index in [9.17, 15) is 14.7 Å². The fourth-order valence-corrected chi connectivity index (χ4v) is 1.60. The average molecular weight is 323 g/mol. The van der Waals surface area contributed by atoms with Gasteiger partial charge in [-0.3, -0.25) is 4.79 Å². The maximum atomic E-state index is 12.2. The number of carboxylic acids is 1. The molecule has 23 heavy (non-hydrogen) atoms. The van der Waals surface area contributed by atoms with Gasteiger partial charge in [-0.15, -0.1) is 0 Å². The summed E-state index contributed by atoms with van der Waals surface area (Å²) >= 11 is 0. The van der Waals surface area contributed by atoms with Gasteiger partial charge in [0.25, 0.3) is 0 Å². The first-order chi connectivity index (χ1) is 10.7. The topological polar surface area (TPSA) is 84.9 Å². The normalized spacial score (nSPS) is 11.4. The third-order valence-electron chi connectivity index (χ3n) is 3.58. The molecule has 0 spiro atoms. The molecule has 0 bridgehead atoms. The van der Waals surface area contributed by atoms with Gasteiger partial charge in [0.2, 0.25) is 5.91 Å². The second-order valence-electron chi connectivity index (χ2n) is 6.19. The Hall–Kier alpha value is -2.08. The van der Waals surface area contributed by atoms with Crippen LogP contribution >= 0.6 is 0 Å². The van der Waals surface area contributed by atoms with Gasteiger partial charge in [0.1, 0.15) is 11.3 Å². The Labute approximate surface area is 136 Å². The molecule has 0 radical (unpaired) electrons. The molecule has 0 aliphatic rings. The molecular weight excluding hydrogens is 298 g/mol. The van der Waals surface area contributed by atoms with Gasteiger partial charge in [-0.1, -0.05) is 20.8 Å². The molecule has 1 rings (SSSR count). The van der Waals surface area contributed by atoms with E-state index in [-0.39, 0.29) is 30.1 Å². The molecule has 0 saturated heterocycles. The van der Waals surface area contributed by atoms with Gasteiger partial charge in [0.15, 0.2) is 6.79 Å². The highest BCUT2D eigenvalue weighted by Crippen LogP contribution is 2.26. The monoisotopic (exact) mass is 323 g/mol. The van der Waals surface area contributed by atoms with Crippen molar-refractivity contribution in [3.63, 3.8) is 0 Å². The summed E-state index contributed by atoms with van der Waals surface area (Å²) < 4.78 is 10.6. The van der Waals surface area contributed by atoms with Gasteiger partial charge in [0.05, 0.1) is 6.10 Å². The van der Waals surface area contributed by atoms with Crippen LogP contribution < -0.4 is 10.1 Å². The zero-order valence-corrected chi connectivity index (χ0v) is 14.3. The predicted molar refractivity (Wildman–Crippen MR) is 87.8 cm³/mol. The lowest BCUT2D eigenvalue weighted by atomic mass is 9.89. The fraction of sp³-hybridized carbons (Fsp3) is 0.529. The fourth-order valence-electron chi connectivity index (χ4n) is 1.60. The molecule has 0 fully saturated rings. The number of nitrogens with one attached hydrogen (secondary N) is 1. The number of hydrogen-bond acceptors (Lipinski definition) is 4. The molecule has 0 atom stereocenters. The van der Waals surface area contributed by atoms with Crippen LogP contribution in [0, 0.1) is 5.41 Å². The summed E-state index contributed by atoms with van der Waals surface area (Å²) in [6.45, 7) is 9.27. The highest BCUT2D eigenvalue weighted by atomic mass is 16.7. The van der Waals surface area contributed by atoms with Crippen molar-refractivity contribution in [1.82, 2.24) is 0 Å². The van der Waals surface area contributed by atoms with E-state index in [1.165, 1.54) is 12.1 Å². The minimum atomic E-state index is -1.13. The second-order valence-corrected chi connectivity index (χ2v) is 6.19. The Morgan fingerprint density at radius 2 is 1.96 bits per heavy atom. The first kappa shape index (κ1) is 19.0. The second kappa shape index (κ2) is 7.97. The lowest BCUT2D eigenvalue weighted by Crippen LogP contribution is -2.30. The Balaban J connectivity index is 2.91. The molecule has 0 aliphatic heterocycles. The van der Waals surface area contributed by atoms with Crippen LogP contribution in [0.25, 0.3) is 0 Å². The van der Waals surface area contributed by atoms with E-state index in [0.717, 1.165) is 0 Å². The molecule has 0 aromatic heterocycles. The maximum Gasteiger partial charge on any atom is 0.339 e. The number of ether oxygens (including phenoxy) is 2. The highest BCUT2D eigenvalue weighted by Gasteiger charge is 2.25. The number of rotatable bonds is 8. The van der Waals surface area contributed by atoms with Crippen molar-refractivity contribution in [2.45, 2.75) is 47.1 Å². The summed E-state index contributed by atoms with van der Waals surface area (Å²) in [5.41, 5.74) is -0.126. The number of carbonyl (C=O) groups is 2. The number of aromatic carboxylic acids is 1. The summed E-state index contributed by atoms with van der Waals surface area (Å²) in [5, 5.41) is 12.0. The summed E-state index contributed by atoms with van der Waals surface area (Å²) in [6.07, 6.45) is 0.663. The van der Waals surface area contributed by atoms with Crippen molar-refractivity contribution in [2.24, 2.45) is 5.41 Å². The Morgan fingerprint density at radius 3 is 2.48 bits per heavy atom. The van der Waals surface area contributed by atoms with Crippen LogP contribution in [0.5, 0.6) is 5.75 Å². The molecule has 1 aromatic carbocycles. The molecule has 0 aliphatic carbocycles. The predicted octanol–water partition coefficient (Wildman–Crippen LogP) is 3.52. The lowest BCUT2D eigenvalue weighted by Gasteiger charge is -2.21. The quantitative estimate of drug-likeness (QED) is 0.715. The Kier molecular flexibility index (Phi) is 6.57. The van der Waals surface area contributed by atoms with E-state index in [0.29, 0.717) is 12.1 Å². The molecular formula is C17H25NO5. The van der Waals surface area contributed by atoms with Crippen LogP contribution in [0.1, 0.15) is 51.4 Å². The zero-order valence-electron chi connectivity index (χ0n) is 14.3. The Bertz CT molecular complexity index is 566. The molecule has 0 unspecified atom stereocenters. The van der Waals surface area contributed by atoms with Crippen LogP contribution in [-0.4, -0.2) is 29.9 Å². The van der Waals surface area contributed by atoms with Crippen LogP contribution in [-0.2, 0) is 9.53 Å². The lowest BCUT2D eigenvalue weighted by molar-refractivity contribution is -0.124. The van der Waals surface area contributed by atoms with Crippen molar-refractivity contribution in [1.29, 1.82) is 0 Å². The van der Waals surface area contributed by atoms with E-state index >= 15 is 0 Å². The van der Waals surface area contributed by atoms with E-state index < -0.39 is 11.4 Å². The van der Waals surface area contributed by atoms with Gasteiger partial charge in [-0.2, -0.15) is 0 Å². The number of amides is 1. The van der Waals surface area contributed by atoms with E-state index in [1.807, 2.05) is 34.6 Å². The van der Waals surface area contributed by atoms with Crippen LogP contribution in [0.2, 0.25) is 0 Å². The summed E-state index contributed by atoms with van der Waals surface area (Å²) in [7, 11) is 0. The molecule has 6 heteroatoms. The number of carboxylic acid groups (broad SMARTS) is 1. The van der Waals surface area contributed by atoms with E-state index in [4.69, 9.17) is 9.47 Å². The minimum absolute atomic E-state index is 0.0156.